The minimum atomic E-state index is -0.724. The van der Waals surface area contributed by atoms with Crippen LogP contribution >= 0.6 is 34.5 Å². The van der Waals surface area contributed by atoms with Gasteiger partial charge in [-0.2, -0.15) is 0 Å². The Hall–Kier alpha value is -3.59. The third kappa shape index (κ3) is 5.20. The smallest absolute Gasteiger partial charge is 0.338 e. The Balaban J connectivity index is 1.63. The first kappa shape index (κ1) is 27.0. The lowest BCUT2D eigenvalue weighted by Gasteiger charge is -2.25. The van der Waals surface area contributed by atoms with Crippen LogP contribution in [-0.2, 0) is 9.53 Å². The normalized spacial score (nSPS) is 15.4. The third-order valence-electron chi connectivity index (χ3n) is 6.13. The average Bonchev–Trinajstić information content (AvgIpc) is 3.48. The van der Waals surface area contributed by atoms with Crippen molar-refractivity contribution >= 4 is 46.6 Å². The number of carbonyl (C=O) groups excluding carboxylic acids is 1. The summed E-state index contributed by atoms with van der Waals surface area (Å²) in [5.74, 6) is 1.12. The molecule has 200 valence electrons. The highest BCUT2D eigenvalue weighted by molar-refractivity contribution is 7.07. The van der Waals surface area contributed by atoms with Crippen LogP contribution in [0.5, 0.6) is 5.75 Å². The van der Waals surface area contributed by atoms with Crippen LogP contribution < -0.4 is 19.6 Å². The van der Waals surface area contributed by atoms with Gasteiger partial charge in [-0.05, 0) is 62.7 Å². The van der Waals surface area contributed by atoms with E-state index in [4.69, 9.17) is 37.1 Å². The van der Waals surface area contributed by atoms with Crippen LogP contribution in [0, 0.1) is 0 Å². The molecule has 3 heterocycles. The first-order chi connectivity index (χ1) is 18.7. The van der Waals surface area contributed by atoms with Crippen molar-refractivity contribution in [1.29, 1.82) is 0 Å². The average molecular weight is 583 g/mol. The summed E-state index contributed by atoms with van der Waals surface area (Å²) in [7, 11) is 1.58. The molecule has 4 aromatic rings. The number of hydrogen-bond donors (Lipinski definition) is 0. The number of esters is 1. The highest BCUT2D eigenvalue weighted by Crippen LogP contribution is 2.35. The van der Waals surface area contributed by atoms with E-state index in [2.05, 4.69) is 4.99 Å². The number of hydrogen-bond acceptors (Lipinski definition) is 7. The second-order valence-corrected chi connectivity index (χ2v) is 10.9. The Morgan fingerprint density at radius 2 is 1.87 bits per heavy atom. The van der Waals surface area contributed by atoms with Crippen molar-refractivity contribution in [1.82, 2.24) is 4.57 Å². The number of allylic oxidation sites excluding steroid dienone is 1. The van der Waals surface area contributed by atoms with Gasteiger partial charge in [0, 0.05) is 11.6 Å². The van der Waals surface area contributed by atoms with Crippen molar-refractivity contribution in [2.45, 2.75) is 32.9 Å². The van der Waals surface area contributed by atoms with Crippen molar-refractivity contribution in [3.63, 3.8) is 0 Å². The van der Waals surface area contributed by atoms with Crippen LogP contribution in [0.4, 0.5) is 0 Å². The first-order valence-corrected chi connectivity index (χ1v) is 13.7. The zero-order chi connectivity index (χ0) is 27.8. The van der Waals surface area contributed by atoms with Gasteiger partial charge < -0.3 is 13.9 Å². The molecule has 0 saturated heterocycles. The van der Waals surface area contributed by atoms with Gasteiger partial charge in [-0.1, -0.05) is 52.7 Å². The van der Waals surface area contributed by atoms with Gasteiger partial charge in [0.05, 0.1) is 45.1 Å². The molecule has 2 aromatic carbocycles. The molecule has 10 heteroatoms. The van der Waals surface area contributed by atoms with E-state index in [9.17, 15) is 9.59 Å². The summed E-state index contributed by atoms with van der Waals surface area (Å²) in [6.45, 7) is 5.30. The van der Waals surface area contributed by atoms with Crippen LogP contribution in [-0.4, -0.2) is 23.8 Å². The van der Waals surface area contributed by atoms with Gasteiger partial charge in [-0.3, -0.25) is 9.36 Å². The number of aromatic nitrogens is 1. The lowest BCUT2D eigenvalue weighted by atomic mass is 9.96. The highest BCUT2D eigenvalue weighted by atomic mass is 35.5. The molecular weight excluding hydrogens is 559 g/mol. The van der Waals surface area contributed by atoms with Gasteiger partial charge >= 0.3 is 5.97 Å². The molecule has 39 heavy (non-hydrogen) atoms. The maximum absolute atomic E-state index is 13.8. The predicted molar refractivity (Wildman–Crippen MR) is 152 cm³/mol. The number of halogens is 2. The van der Waals surface area contributed by atoms with Gasteiger partial charge in [-0.25, -0.2) is 9.79 Å². The van der Waals surface area contributed by atoms with Gasteiger partial charge in [0.25, 0.3) is 5.56 Å². The van der Waals surface area contributed by atoms with Crippen LogP contribution in [0.3, 0.4) is 0 Å². The minimum absolute atomic E-state index is 0.305. The van der Waals surface area contributed by atoms with Crippen molar-refractivity contribution in [3.8, 4) is 17.1 Å². The summed E-state index contributed by atoms with van der Waals surface area (Å²) in [5, 5.41) is 0.802. The molecule has 1 aliphatic heterocycles. The Kier molecular flexibility index (Phi) is 7.53. The zero-order valence-electron chi connectivity index (χ0n) is 21.5. The topological polar surface area (TPSA) is 83.0 Å². The van der Waals surface area contributed by atoms with Gasteiger partial charge in [0.1, 0.15) is 17.3 Å². The van der Waals surface area contributed by atoms with E-state index in [0.717, 1.165) is 5.56 Å². The number of fused-ring (bicyclic) bond motifs is 1. The molecule has 0 fully saturated rings. The lowest BCUT2D eigenvalue weighted by Crippen LogP contribution is -2.40. The van der Waals surface area contributed by atoms with Gasteiger partial charge in [-0.15, -0.1) is 0 Å². The summed E-state index contributed by atoms with van der Waals surface area (Å²) in [6, 6.07) is 15.3. The van der Waals surface area contributed by atoms with Crippen LogP contribution in [0.1, 0.15) is 38.1 Å². The molecule has 2 aromatic heterocycles. The van der Waals surface area contributed by atoms with Crippen LogP contribution in [0.15, 0.2) is 80.1 Å². The third-order valence-corrected chi connectivity index (χ3v) is 7.93. The summed E-state index contributed by atoms with van der Waals surface area (Å²) in [4.78, 5) is 32.1. The number of methoxy groups -OCH3 is 1. The van der Waals surface area contributed by atoms with E-state index in [1.807, 2.05) is 12.1 Å². The van der Waals surface area contributed by atoms with Crippen molar-refractivity contribution in [2.75, 3.05) is 7.11 Å². The minimum Gasteiger partial charge on any atom is -0.497 e. The summed E-state index contributed by atoms with van der Waals surface area (Å²) in [5.41, 5.74) is 1.87. The van der Waals surface area contributed by atoms with Crippen molar-refractivity contribution in [2.24, 2.45) is 4.99 Å². The molecule has 1 aliphatic rings. The monoisotopic (exact) mass is 582 g/mol. The number of ether oxygens (including phenoxy) is 2. The van der Waals surface area contributed by atoms with E-state index in [0.29, 0.717) is 53.5 Å². The van der Waals surface area contributed by atoms with E-state index in [1.165, 1.54) is 15.9 Å². The summed E-state index contributed by atoms with van der Waals surface area (Å²) >= 11 is 13.7. The fraction of sp³-hybridized carbons (Fsp3) is 0.207. The first-order valence-electron chi connectivity index (χ1n) is 12.1. The predicted octanol–water partition coefficient (Wildman–Crippen LogP) is 5.76. The Bertz CT molecular complexity index is 1780. The number of carbonyl (C=O) groups is 1. The molecule has 0 radical (unpaired) electrons. The second kappa shape index (κ2) is 10.9. The van der Waals surface area contributed by atoms with Crippen molar-refractivity contribution < 1.29 is 18.7 Å². The summed E-state index contributed by atoms with van der Waals surface area (Å²) < 4.78 is 18.8. The van der Waals surface area contributed by atoms with E-state index in [-0.39, 0.29) is 11.7 Å². The SMILES string of the molecule is COc1ccc(C2C(C(=O)OC(C)C)=C(C)N=c3s/c(=C/c4ccc(-c5cccc(Cl)c5Cl)o4)c(=O)n32)cc1. The molecule has 0 saturated carbocycles. The molecular formula is C29H24Cl2N2O5S. The highest BCUT2D eigenvalue weighted by Gasteiger charge is 2.33. The number of benzene rings is 2. The maximum Gasteiger partial charge on any atom is 0.338 e. The molecule has 0 bridgehead atoms. The van der Waals surface area contributed by atoms with Crippen LogP contribution in [0.25, 0.3) is 17.4 Å². The quantitative estimate of drug-likeness (QED) is 0.270. The van der Waals surface area contributed by atoms with Gasteiger partial charge in [0.15, 0.2) is 4.80 Å². The fourth-order valence-corrected chi connectivity index (χ4v) is 5.78. The van der Waals surface area contributed by atoms with Crippen molar-refractivity contribution in [3.05, 3.63) is 107 Å². The second-order valence-electron chi connectivity index (χ2n) is 9.11. The number of thiazole rings is 1. The number of furan rings is 1. The molecule has 0 N–H and O–H groups in total. The number of nitrogens with zero attached hydrogens (tertiary/aromatic N) is 2. The Morgan fingerprint density at radius 1 is 1.13 bits per heavy atom. The van der Waals surface area contributed by atoms with E-state index >= 15 is 0 Å². The maximum atomic E-state index is 13.8. The molecule has 0 aliphatic carbocycles. The van der Waals surface area contributed by atoms with Crippen LogP contribution in [0.2, 0.25) is 10.0 Å². The lowest BCUT2D eigenvalue weighted by molar-refractivity contribution is -0.143. The largest absolute Gasteiger partial charge is 0.497 e. The van der Waals surface area contributed by atoms with E-state index in [1.54, 1.807) is 76.4 Å². The Labute approximate surface area is 238 Å². The Morgan fingerprint density at radius 3 is 2.56 bits per heavy atom. The zero-order valence-corrected chi connectivity index (χ0v) is 23.9. The molecule has 5 rings (SSSR count). The molecule has 0 amide bonds. The molecule has 1 unspecified atom stereocenters. The fourth-order valence-electron chi connectivity index (χ4n) is 4.36. The molecule has 7 nitrogen and oxygen atoms in total. The molecule has 1 atom stereocenters. The molecule has 0 spiro atoms. The van der Waals surface area contributed by atoms with Gasteiger partial charge in [0.2, 0.25) is 0 Å². The summed E-state index contributed by atoms with van der Waals surface area (Å²) in [6.07, 6.45) is 1.32. The number of rotatable bonds is 6. The van der Waals surface area contributed by atoms with E-state index < -0.39 is 12.0 Å². The standard InChI is InChI=1S/C29H24Cl2N2O5S/c1-15(2)37-28(35)24-16(3)32-29-33(26(24)17-8-10-18(36-4)11-9-17)27(34)23(39-29)14-19-12-13-22(38-19)20-6-5-7-21(30)25(20)31/h5-15,26H,1-4H3/b23-14+.